The number of carbonyl (C=O) groups excluding carboxylic acids is 1. The number of nitrogens with zero attached hydrogens (tertiary/aromatic N) is 1. The summed E-state index contributed by atoms with van der Waals surface area (Å²) in [5.74, 6) is 0.475. The molecular weight excluding hydrogens is 302 g/mol. The number of ether oxygens (including phenoxy) is 1. The molecule has 2 rings (SSSR count). The lowest BCUT2D eigenvalue weighted by atomic mass is 10.1. The lowest BCUT2D eigenvalue weighted by Crippen LogP contribution is -2.27. The van der Waals surface area contributed by atoms with Crippen LogP contribution in [0.1, 0.15) is 17.2 Å². The summed E-state index contributed by atoms with van der Waals surface area (Å²) in [4.78, 5) is 14.4. The lowest BCUT2D eigenvalue weighted by molar-refractivity contribution is -0.117. The van der Waals surface area contributed by atoms with E-state index < -0.39 is 6.04 Å². The lowest BCUT2D eigenvalue weighted by Gasteiger charge is -2.14. The zero-order valence-electron chi connectivity index (χ0n) is 14.5. The van der Waals surface area contributed by atoms with Gasteiger partial charge in [0.2, 0.25) is 5.91 Å². The molecule has 0 spiro atoms. The van der Waals surface area contributed by atoms with Crippen LogP contribution in [0.3, 0.4) is 0 Å². The molecule has 0 heterocycles. The number of rotatable bonds is 7. The van der Waals surface area contributed by atoms with Crippen LogP contribution in [0.4, 0.5) is 5.69 Å². The molecule has 2 aromatic rings. The first-order valence-electron chi connectivity index (χ1n) is 7.96. The highest BCUT2D eigenvalue weighted by molar-refractivity contribution is 5.95. The largest absolute Gasteiger partial charge is 0.492 e. The van der Waals surface area contributed by atoms with Crippen molar-refractivity contribution in [3.8, 4) is 5.75 Å². The summed E-state index contributed by atoms with van der Waals surface area (Å²) in [7, 11) is 3.99. The number of aryl methyl sites for hydroxylation is 1. The van der Waals surface area contributed by atoms with E-state index in [9.17, 15) is 4.79 Å². The molecule has 0 bridgehead atoms. The average molecular weight is 327 g/mol. The monoisotopic (exact) mass is 327 g/mol. The summed E-state index contributed by atoms with van der Waals surface area (Å²) in [6.07, 6.45) is 0. The number of likely N-dealkylation sites (N-methyl/N-ethyl adjacent to an activating group) is 1. The SMILES string of the molecule is Cc1ccc(C(N)C(=O)Nc2cccc(OCCN(C)C)c2)cc1. The maximum atomic E-state index is 12.3. The first-order chi connectivity index (χ1) is 11.5. The third kappa shape index (κ3) is 5.37. The van der Waals surface area contributed by atoms with Gasteiger partial charge in [-0.15, -0.1) is 0 Å². The van der Waals surface area contributed by atoms with Crippen LogP contribution in [0.5, 0.6) is 5.75 Å². The standard InChI is InChI=1S/C19H25N3O2/c1-14-7-9-15(10-8-14)18(20)19(23)21-16-5-4-6-17(13-16)24-12-11-22(2)3/h4-10,13,18H,11-12,20H2,1-3H3,(H,21,23). The van der Waals surface area contributed by atoms with Gasteiger partial charge in [-0.25, -0.2) is 0 Å². The zero-order chi connectivity index (χ0) is 17.5. The first-order valence-corrected chi connectivity index (χ1v) is 7.96. The van der Waals surface area contributed by atoms with Crippen molar-refractivity contribution in [1.29, 1.82) is 0 Å². The van der Waals surface area contributed by atoms with E-state index >= 15 is 0 Å². The van der Waals surface area contributed by atoms with E-state index in [1.54, 1.807) is 6.07 Å². The molecule has 0 saturated heterocycles. The predicted molar refractivity (Wildman–Crippen MR) is 97.2 cm³/mol. The highest BCUT2D eigenvalue weighted by Crippen LogP contribution is 2.19. The molecule has 0 aliphatic rings. The number of nitrogens with two attached hydrogens (primary N) is 1. The fraction of sp³-hybridized carbons (Fsp3) is 0.316. The fourth-order valence-corrected chi connectivity index (χ4v) is 2.15. The van der Waals surface area contributed by atoms with Crippen molar-refractivity contribution in [1.82, 2.24) is 4.90 Å². The van der Waals surface area contributed by atoms with Gasteiger partial charge in [-0.1, -0.05) is 35.9 Å². The van der Waals surface area contributed by atoms with Crippen molar-refractivity contribution in [3.05, 3.63) is 59.7 Å². The molecule has 24 heavy (non-hydrogen) atoms. The van der Waals surface area contributed by atoms with Crippen LogP contribution < -0.4 is 15.8 Å². The minimum atomic E-state index is -0.705. The first kappa shape index (κ1) is 18.0. The van der Waals surface area contributed by atoms with E-state index in [2.05, 4.69) is 5.32 Å². The van der Waals surface area contributed by atoms with Crippen LogP contribution in [0.15, 0.2) is 48.5 Å². The molecule has 5 nitrogen and oxygen atoms in total. The Morgan fingerprint density at radius 2 is 1.92 bits per heavy atom. The van der Waals surface area contributed by atoms with Crippen LogP contribution in [-0.4, -0.2) is 38.1 Å². The van der Waals surface area contributed by atoms with Crippen molar-refractivity contribution in [3.63, 3.8) is 0 Å². The Labute approximate surface area is 143 Å². The molecule has 1 atom stereocenters. The van der Waals surface area contributed by atoms with Crippen LogP contribution in [0.25, 0.3) is 0 Å². The summed E-state index contributed by atoms with van der Waals surface area (Å²) in [5.41, 5.74) is 8.63. The van der Waals surface area contributed by atoms with E-state index in [0.717, 1.165) is 23.4 Å². The molecule has 3 N–H and O–H groups in total. The highest BCUT2D eigenvalue weighted by Gasteiger charge is 2.15. The third-order valence-electron chi connectivity index (χ3n) is 3.63. The quantitative estimate of drug-likeness (QED) is 0.820. The van der Waals surface area contributed by atoms with E-state index in [-0.39, 0.29) is 5.91 Å². The van der Waals surface area contributed by atoms with Gasteiger partial charge in [0.15, 0.2) is 0 Å². The molecule has 0 radical (unpaired) electrons. The fourth-order valence-electron chi connectivity index (χ4n) is 2.15. The smallest absolute Gasteiger partial charge is 0.245 e. The van der Waals surface area contributed by atoms with Gasteiger partial charge >= 0.3 is 0 Å². The molecule has 1 unspecified atom stereocenters. The predicted octanol–water partition coefficient (Wildman–Crippen LogP) is 2.57. The number of amides is 1. The normalized spacial score (nSPS) is 12.0. The van der Waals surface area contributed by atoms with E-state index in [0.29, 0.717) is 12.3 Å². The Balaban J connectivity index is 1.97. The van der Waals surface area contributed by atoms with Crippen LogP contribution >= 0.6 is 0 Å². The van der Waals surface area contributed by atoms with E-state index in [1.165, 1.54) is 0 Å². The number of hydrogen-bond acceptors (Lipinski definition) is 4. The molecule has 0 aliphatic carbocycles. The molecule has 0 aromatic heterocycles. The minimum Gasteiger partial charge on any atom is -0.492 e. The topological polar surface area (TPSA) is 67.6 Å². The zero-order valence-corrected chi connectivity index (χ0v) is 14.5. The second kappa shape index (κ2) is 8.47. The van der Waals surface area contributed by atoms with Crippen molar-refractivity contribution in [2.45, 2.75) is 13.0 Å². The Kier molecular flexibility index (Phi) is 6.35. The van der Waals surface area contributed by atoms with Gasteiger partial charge in [0.1, 0.15) is 18.4 Å². The second-order valence-electron chi connectivity index (χ2n) is 6.06. The van der Waals surface area contributed by atoms with Gasteiger partial charge < -0.3 is 20.7 Å². The number of nitrogens with one attached hydrogen (secondary N) is 1. The molecule has 1 amide bonds. The van der Waals surface area contributed by atoms with Crippen molar-refractivity contribution < 1.29 is 9.53 Å². The number of hydrogen-bond donors (Lipinski definition) is 2. The number of benzene rings is 2. The minimum absolute atomic E-state index is 0.246. The molecule has 5 heteroatoms. The Bertz CT molecular complexity index is 669. The molecular formula is C19H25N3O2. The third-order valence-corrected chi connectivity index (χ3v) is 3.63. The maximum absolute atomic E-state index is 12.3. The Hall–Kier alpha value is -2.37. The van der Waals surface area contributed by atoms with Gasteiger partial charge in [-0.2, -0.15) is 0 Å². The van der Waals surface area contributed by atoms with Crippen LogP contribution in [-0.2, 0) is 4.79 Å². The van der Waals surface area contributed by atoms with Crippen LogP contribution in [0, 0.1) is 6.92 Å². The Morgan fingerprint density at radius 3 is 2.58 bits per heavy atom. The van der Waals surface area contributed by atoms with Crippen LogP contribution in [0.2, 0.25) is 0 Å². The molecule has 128 valence electrons. The number of carbonyl (C=O) groups is 1. The molecule has 0 saturated carbocycles. The van der Waals surface area contributed by atoms with Crippen molar-refractivity contribution in [2.24, 2.45) is 5.73 Å². The van der Waals surface area contributed by atoms with E-state index in [1.807, 2.05) is 68.4 Å². The number of anilines is 1. The highest BCUT2D eigenvalue weighted by atomic mass is 16.5. The van der Waals surface area contributed by atoms with Gasteiger partial charge in [0.25, 0.3) is 0 Å². The maximum Gasteiger partial charge on any atom is 0.245 e. The van der Waals surface area contributed by atoms with Crippen molar-refractivity contribution in [2.75, 3.05) is 32.6 Å². The van der Waals surface area contributed by atoms with Gasteiger partial charge in [-0.05, 0) is 38.7 Å². The summed E-state index contributed by atoms with van der Waals surface area (Å²) in [5, 5.41) is 2.84. The average Bonchev–Trinajstić information content (AvgIpc) is 2.55. The summed E-state index contributed by atoms with van der Waals surface area (Å²) in [6.45, 7) is 3.42. The second-order valence-corrected chi connectivity index (χ2v) is 6.06. The molecule has 2 aromatic carbocycles. The molecule has 0 aliphatic heterocycles. The van der Waals surface area contributed by atoms with Gasteiger partial charge in [-0.3, -0.25) is 4.79 Å². The summed E-state index contributed by atoms with van der Waals surface area (Å²) < 4.78 is 5.67. The van der Waals surface area contributed by atoms with E-state index in [4.69, 9.17) is 10.5 Å². The van der Waals surface area contributed by atoms with Gasteiger partial charge in [0, 0.05) is 18.3 Å². The van der Waals surface area contributed by atoms with Gasteiger partial charge in [0.05, 0.1) is 0 Å². The summed E-state index contributed by atoms with van der Waals surface area (Å²) in [6, 6.07) is 14.3. The molecule has 0 fully saturated rings. The van der Waals surface area contributed by atoms with Crippen molar-refractivity contribution >= 4 is 11.6 Å². The Morgan fingerprint density at radius 1 is 1.21 bits per heavy atom. The summed E-state index contributed by atoms with van der Waals surface area (Å²) >= 11 is 0.